The lowest BCUT2D eigenvalue weighted by Crippen LogP contribution is -2.32. The summed E-state index contributed by atoms with van der Waals surface area (Å²) >= 11 is 0. The number of H-pyrrole nitrogens is 1. The molecule has 0 bridgehead atoms. The molecule has 1 unspecified atom stereocenters. The topological polar surface area (TPSA) is 107 Å². The third-order valence-corrected chi connectivity index (χ3v) is 5.43. The van der Waals surface area contributed by atoms with Gasteiger partial charge in [-0.2, -0.15) is 0 Å². The number of nitrogens with zero attached hydrogens (tertiary/aromatic N) is 1. The molecule has 2 aromatic heterocycles. The molecule has 1 aliphatic carbocycles. The van der Waals surface area contributed by atoms with E-state index in [1.807, 2.05) is 6.92 Å². The van der Waals surface area contributed by atoms with Gasteiger partial charge in [0.1, 0.15) is 18.2 Å². The zero-order chi connectivity index (χ0) is 22.0. The van der Waals surface area contributed by atoms with Crippen molar-refractivity contribution in [3.05, 3.63) is 59.8 Å². The number of pyridine rings is 1. The van der Waals surface area contributed by atoms with Crippen LogP contribution in [-0.2, 0) is 6.42 Å². The van der Waals surface area contributed by atoms with E-state index in [9.17, 15) is 14.3 Å². The van der Waals surface area contributed by atoms with E-state index >= 15 is 0 Å². The van der Waals surface area contributed by atoms with Gasteiger partial charge in [-0.05, 0) is 30.7 Å². The number of rotatable bonds is 7. The van der Waals surface area contributed by atoms with E-state index in [-0.39, 0.29) is 32.0 Å². The molecule has 1 aromatic carbocycles. The molecule has 162 valence electrons. The van der Waals surface area contributed by atoms with Gasteiger partial charge in [0.2, 0.25) is 0 Å². The second kappa shape index (κ2) is 8.49. The Morgan fingerprint density at radius 1 is 1.29 bits per heavy atom. The van der Waals surface area contributed by atoms with Crippen LogP contribution in [-0.4, -0.2) is 45.8 Å². The average molecular weight is 425 g/mol. The van der Waals surface area contributed by atoms with Crippen molar-refractivity contribution in [1.29, 1.82) is 0 Å². The maximum absolute atomic E-state index is 13.8. The second-order valence-electron chi connectivity index (χ2n) is 8.05. The van der Waals surface area contributed by atoms with Crippen LogP contribution < -0.4 is 10.1 Å². The maximum atomic E-state index is 13.8. The van der Waals surface area contributed by atoms with Crippen molar-refractivity contribution in [2.24, 2.45) is 5.41 Å². The molecule has 0 saturated heterocycles. The van der Waals surface area contributed by atoms with E-state index in [0.717, 1.165) is 0 Å². The molecule has 0 aliphatic heterocycles. The Balaban J connectivity index is 1.87. The fourth-order valence-electron chi connectivity index (χ4n) is 3.96. The van der Waals surface area contributed by atoms with Crippen LogP contribution >= 0.6 is 0 Å². The summed E-state index contributed by atoms with van der Waals surface area (Å²) in [5.74, 6) is -0.0630. The molecular formula is C23H24FN3O4. The lowest BCUT2D eigenvalue weighted by molar-refractivity contribution is 0.0786. The normalized spacial score (nSPS) is 18.0. The zero-order valence-electron chi connectivity index (χ0n) is 17.1. The van der Waals surface area contributed by atoms with Crippen LogP contribution in [0.3, 0.4) is 0 Å². The minimum atomic E-state index is -0.559. The summed E-state index contributed by atoms with van der Waals surface area (Å²) in [6.07, 6.45) is 3.83. The van der Waals surface area contributed by atoms with E-state index < -0.39 is 11.2 Å². The highest BCUT2D eigenvalue weighted by Gasteiger charge is 2.38. The molecule has 3 aromatic rings. The Morgan fingerprint density at radius 3 is 2.87 bits per heavy atom. The van der Waals surface area contributed by atoms with Gasteiger partial charge in [-0.25, -0.2) is 4.39 Å². The minimum absolute atomic E-state index is 0.0906. The third kappa shape index (κ3) is 4.17. The number of halogens is 1. The number of carbonyl (C=O) groups excluding carboxylic acids is 1. The van der Waals surface area contributed by atoms with Gasteiger partial charge < -0.3 is 25.3 Å². The molecule has 0 fully saturated rings. The Morgan fingerprint density at radius 2 is 2.13 bits per heavy atom. The first kappa shape index (κ1) is 21.0. The number of ether oxygens (including phenoxy) is 1. The van der Waals surface area contributed by atoms with Gasteiger partial charge in [0.25, 0.3) is 0 Å². The molecule has 0 spiro atoms. The molecule has 2 heterocycles. The maximum Gasteiger partial charge on any atom is 0.167 e. The number of aliphatic hydroxyl groups is 2. The molecule has 0 amide bonds. The van der Waals surface area contributed by atoms with Gasteiger partial charge >= 0.3 is 0 Å². The molecule has 0 saturated carbocycles. The van der Waals surface area contributed by atoms with E-state index in [1.165, 1.54) is 18.3 Å². The highest BCUT2D eigenvalue weighted by Crippen LogP contribution is 2.45. The van der Waals surface area contributed by atoms with E-state index in [1.54, 1.807) is 24.4 Å². The Hall–Kier alpha value is -3.23. The molecular weight excluding hydrogens is 401 g/mol. The monoisotopic (exact) mass is 425 g/mol. The van der Waals surface area contributed by atoms with Crippen molar-refractivity contribution >= 4 is 17.2 Å². The lowest BCUT2D eigenvalue weighted by atomic mass is 9.75. The summed E-state index contributed by atoms with van der Waals surface area (Å²) in [7, 11) is 0. The smallest absolute Gasteiger partial charge is 0.167 e. The number of hydrogen-bond donors (Lipinski definition) is 4. The van der Waals surface area contributed by atoms with Crippen LogP contribution in [0.1, 0.15) is 29.4 Å². The summed E-state index contributed by atoms with van der Waals surface area (Å²) in [6, 6.07) is 7.75. The second-order valence-corrected chi connectivity index (χ2v) is 8.05. The first-order valence-corrected chi connectivity index (χ1v) is 10.0. The van der Waals surface area contributed by atoms with Crippen LogP contribution in [0.2, 0.25) is 0 Å². The van der Waals surface area contributed by atoms with Crippen molar-refractivity contribution in [3.63, 3.8) is 0 Å². The number of aromatic amines is 1. The standard InChI is InChI=1S/C23H24FN3O4/c1-23(13-29)10-17-20(18(30)11-23)22(26-15-4-2-3-14(24)9-15)21(27-17)16-5-6-25-12-19(16)31-8-7-28/h2-6,9,12,26-29H,7-8,10-11,13H2,1H3. The van der Waals surface area contributed by atoms with Crippen molar-refractivity contribution < 1.29 is 24.1 Å². The molecule has 31 heavy (non-hydrogen) atoms. The fourth-order valence-corrected chi connectivity index (χ4v) is 3.96. The fraction of sp³-hybridized carbons (Fsp3) is 0.304. The highest BCUT2D eigenvalue weighted by molar-refractivity contribution is 6.08. The third-order valence-electron chi connectivity index (χ3n) is 5.43. The first-order chi connectivity index (χ1) is 14.9. The van der Waals surface area contributed by atoms with Gasteiger partial charge in [0.15, 0.2) is 5.78 Å². The summed E-state index contributed by atoms with van der Waals surface area (Å²) < 4.78 is 19.4. The Kier molecular flexibility index (Phi) is 5.75. The summed E-state index contributed by atoms with van der Waals surface area (Å²) in [5, 5.41) is 22.2. The van der Waals surface area contributed by atoms with Crippen LogP contribution in [0.25, 0.3) is 11.3 Å². The van der Waals surface area contributed by atoms with E-state index in [4.69, 9.17) is 9.84 Å². The number of Topliss-reactive ketones (excluding diaryl/α,β-unsaturated/α-hetero) is 1. The van der Waals surface area contributed by atoms with Gasteiger partial charge in [-0.1, -0.05) is 13.0 Å². The number of aromatic nitrogens is 2. The van der Waals surface area contributed by atoms with E-state index in [0.29, 0.717) is 46.1 Å². The Labute approximate surface area is 178 Å². The van der Waals surface area contributed by atoms with Gasteiger partial charge in [0.05, 0.1) is 29.7 Å². The first-order valence-electron chi connectivity index (χ1n) is 10.0. The van der Waals surface area contributed by atoms with Crippen LogP contribution in [0.5, 0.6) is 5.75 Å². The summed E-state index contributed by atoms with van der Waals surface area (Å²) in [4.78, 5) is 20.5. The van der Waals surface area contributed by atoms with E-state index in [2.05, 4.69) is 15.3 Å². The SMILES string of the molecule is CC1(CO)CC(=O)c2c([nH]c(-c3ccncc3OCCO)c2Nc2cccc(F)c2)C1. The number of aliphatic hydroxyl groups excluding tert-OH is 2. The summed E-state index contributed by atoms with van der Waals surface area (Å²) in [6.45, 7) is 1.69. The van der Waals surface area contributed by atoms with Gasteiger partial charge in [0, 0.05) is 41.6 Å². The highest BCUT2D eigenvalue weighted by atomic mass is 19.1. The van der Waals surface area contributed by atoms with Crippen LogP contribution in [0, 0.1) is 11.2 Å². The Bertz CT molecular complexity index is 1110. The molecule has 7 nitrogen and oxygen atoms in total. The predicted molar refractivity (Wildman–Crippen MR) is 114 cm³/mol. The molecule has 8 heteroatoms. The largest absolute Gasteiger partial charge is 0.489 e. The summed E-state index contributed by atoms with van der Waals surface area (Å²) in [5.41, 5.74) is 2.90. The quantitative estimate of drug-likeness (QED) is 0.462. The van der Waals surface area contributed by atoms with Crippen molar-refractivity contribution in [3.8, 4) is 17.0 Å². The lowest BCUT2D eigenvalue weighted by Gasteiger charge is -2.30. The van der Waals surface area contributed by atoms with Crippen LogP contribution in [0.4, 0.5) is 15.8 Å². The molecule has 1 aliphatic rings. The number of carbonyl (C=O) groups is 1. The molecule has 4 rings (SSSR count). The molecule has 4 N–H and O–H groups in total. The van der Waals surface area contributed by atoms with Crippen molar-refractivity contribution in [2.45, 2.75) is 19.8 Å². The average Bonchev–Trinajstić information content (AvgIpc) is 3.10. The minimum Gasteiger partial charge on any atom is -0.489 e. The van der Waals surface area contributed by atoms with Gasteiger partial charge in [-0.15, -0.1) is 0 Å². The number of anilines is 2. The zero-order valence-corrected chi connectivity index (χ0v) is 17.1. The number of hydrogen-bond acceptors (Lipinski definition) is 6. The number of ketones is 1. The number of benzene rings is 1. The number of fused-ring (bicyclic) bond motifs is 1. The molecule has 0 radical (unpaired) electrons. The number of nitrogens with one attached hydrogen (secondary N) is 2. The van der Waals surface area contributed by atoms with Crippen molar-refractivity contribution in [1.82, 2.24) is 9.97 Å². The predicted octanol–water partition coefficient (Wildman–Crippen LogP) is 3.46. The molecule has 1 atom stereocenters. The van der Waals surface area contributed by atoms with Crippen LogP contribution in [0.15, 0.2) is 42.7 Å². The van der Waals surface area contributed by atoms with Crippen molar-refractivity contribution in [2.75, 3.05) is 25.1 Å². The van der Waals surface area contributed by atoms with Gasteiger partial charge in [-0.3, -0.25) is 9.78 Å².